The molecule has 2 rings (SSSR count). The van der Waals surface area contributed by atoms with Gasteiger partial charge in [0.15, 0.2) is 0 Å². The topological polar surface area (TPSA) is 43.1 Å². The number of nitrogens with two attached hydrogens (primary N) is 1. The Morgan fingerprint density at radius 2 is 1.42 bits per heavy atom. The average molecular weight is 253 g/mol. The van der Waals surface area contributed by atoms with Gasteiger partial charge in [0.25, 0.3) is 0 Å². The summed E-state index contributed by atoms with van der Waals surface area (Å²) in [4.78, 5) is 11.7. The molecule has 0 fully saturated rings. The molecule has 0 aromatic heterocycles. The van der Waals surface area contributed by atoms with Crippen LogP contribution < -0.4 is 5.73 Å². The van der Waals surface area contributed by atoms with Crippen LogP contribution in [0, 0.1) is 27.7 Å². The number of primary amides is 1. The van der Waals surface area contributed by atoms with Crippen LogP contribution in [0.5, 0.6) is 0 Å². The van der Waals surface area contributed by atoms with Gasteiger partial charge in [0, 0.05) is 5.56 Å². The van der Waals surface area contributed by atoms with Crippen molar-refractivity contribution in [1.82, 2.24) is 0 Å². The summed E-state index contributed by atoms with van der Waals surface area (Å²) in [5, 5.41) is 0. The van der Waals surface area contributed by atoms with Gasteiger partial charge in [-0.15, -0.1) is 0 Å². The second-order valence-electron chi connectivity index (χ2n) is 4.98. The van der Waals surface area contributed by atoms with Crippen molar-refractivity contribution < 1.29 is 4.79 Å². The fourth-order valence-corrected chi connectivity index (χ4v) is 2.75. The minimum absolute atomic E-state index is 0.352. The zero-order valence-electron chi connectivity index (χ0n) is 11.9. The molecule has 19 heavy (non-hydrogen) atoms. The molecule has 0 unspecified atom stereocenters. The Morgan fingerprint density at radius 1 is 0.842 bits per heavy atom. The minimum Gasteiger partial charge on any atom is -0.366 e. The summed E-state index contributed by atoms with van der Waals surface area (Å²) in [6.45, 7) is 8.08. The largest absolute Gasteiger partial charge is 0.366 e. The zero-order valence-corrected chi connectivity index (χ0v) is 11.9. The number of hydrogen-bond acceptors (Lipinski definition) is 1. The van der Waals surface area contributed by atoms with E-state index in [1.54, 1.807) is 0 Å². The quantitative estimate of drug-likeness (QED) is 0.871. The summed E-state index contributed by atoms with van der Waals surface area (Å²) < 4.78 is 0. The van der Waals surface area contributed by atoms with E-state index in [9.17, 15) is 4.79 Å². The van der Waals surface area contributed by atoms with Crippen LogP contribution in [0.4, 0.5) is 0 Å². The van der Waals surface area contributed by atoms with E-state index in [1.807, 2.05) is 39.0 Å². The van der Waals surface area contributed by atoms with E-state index >= 15 is 0 Å². The van der Waals surface area contributed by atoms with Gasteiger partial charge in [-0.1, -0.05) is 30.3 Å². The third-order valence-electron chi connectivity index (χ3n) is 3.93. The van der Waals surface area contributed by atoms with Crippen LogP contribution in [0.3, 0.4) is 0 Å². The van der Waals surface area contributed by atoms with Crippen LogP contribution in [0.15, 0.2) is 30.3 Å². The Morgan fingerprint density at radius 3 is 1.95 bits per heavy atom. The Hall–Kier alpha value is -2.09. The highest BCUT2D eigenvalue weighted by atomic mass is 16.1. The predicted octanol–water partition coefficient (Wildman–Crippen LogP) is 3.69. The van der Waals surface area contributed by atoms with Crippen molar-refractivity contribution in [3.8, 4) is 11.1 Å². The molecule has 0 bridgehead atoms. The van der Waals surface area contributed by atoms with E-state index in [0.29, 0.717) is 5.56 Å². The first-order chi connectivity index (χ1) is 8.95. The molecule has 2 N–H and O–H groups in total. The summed E-state index contributed by atoms with van der Waals surface area (Å²) >= 11 is 0. The molecule has 98 valence electrons. The highest BCUT2D eigenvalue weighted by molar-refractivity contribution is 5.98. The van der Waals surface area contributed by atoms with E-state index < -0.39 is 0 Å². The molecule has 2 aromatic rings. The Labute approximate surface area is 114 Å². The number of carbonyl (C=O) groups is 1. The third kappa shape index (κ3) is 2.14. The van der Waals surface area contributed by atoms with Gasteiger partial charge in [-0.25, -0.2) is 0 Å². The summed E-state index contributed by atoms with van der Waals surface area (Å²) in [7, 11) is 0. The number of benzene rings is 2. The normalized spacial score (nSPS) is 10.5. The maximum atomic E-state index is 11.7. The molecule has 1 amide bonds. The molecule has 0 heterocycles. The van der Waals surface area contributed by atoms with Crippen LogP contribution in [-0.2, 0) is 0 Å². The van der Waals surface area contributed by atoms with Gasteiger partial charge in [-0.05, 0) is 61.1 Å². The molecule has 2 aromatic carbocycles. The molecular formula is C17H19NO. The second kappa shape index (κ2) is 4.88. The summed E-state index contributed by atoms with van der Waals surface area (Å²) in [6.07, 6.45) is 0. The fraction of sp³-hybridized carbons (Fsp3) is 0.235. The lowest BCUT2D eigenvalue weighted by atomic mass is 9.85. The van der Waals surface area contributed by atoms with Gasteiger partial charge in [0.2, 0.25) is 5.91 Å². The average Bonchev–Trinajstić information content (AvgIpc) is 2.37. The lowest BCUT2D eigenvalue weighted by Crippen LogP contribution is -2.16. The van der Waals surface area contributed by atoms with E-state index in [2.05, 4.69) is 19.1 Å². The third-order valence-corrected chi connectivity index (χ3v) is 3.93. The first kappa shape index (κ1) is 13.3. The number of hydrogen-bond donors (Lipinski definition) is 1. The monoisotopic (exact) mass is 253 g/mol. The van der Waals surface area contributed by atoms with Gasteiger partial charge in [0.05, 0.1) is 0 Å². The van der Waals surface area contributed by atoms with Crippen molar-refractivity contribution in [1.29, 1.82) is 0 Å². The lowest BCUT2D eigenvalue weighted by molar-refractivity contribution is 0.0999. The second-order valence-corrected chi connectivity index (χ2v) is 4.98. The lowest BCUT2D eigenvalue weighted by Gasteiger charge is -2.19. The van der Waals surface area contributed by atoms with Crippen LogP contribution in [0.2, 0.25) is 0 Å². The molecule has 0 radical (unpaired) electrons. The molecule has 0 aliphatic carbocycles. The van der Waals surface area contributed by atoms with Crippen LogP contribution in [0.25, 0.3) is 11.1 Å². The van der Waals surface area contributed by atoms with Gasteiger partial charge in [-0.2, -0.15) is 0 Å². The van der Waals surface area contributed by atoms with Crippen molar-refractivity contribution >= 4 is 5.91 Å². The maximum absolute atomic E-state index is 11.7. The standard InChI is InChI=1S/C17H19NO/c1-10-11(2)15(14-8-6-5-7-9-14)13(4)16(12(10)3)17(18)19/h5-9H,1-4H3,(H2,18,19). The molecule has 0 spiro atoms. The van der Waals surface area contributed by atoms with Gasteiger partial charge in [-0.3, -0.25) is 4.79 Å². The summed E-state index contributed by atoms with van der Waals surface area (Å²) in [5.74, 6) is -0.352. The zero-order chi connectivity index (χ0) is 14.2. The SMILES string of the molecule is Cc1c(C)c(C(N)=O)c(C)c(-c2ccccc2)c1C. The molecule has 0 saturated carbocycles. The van der Waals surface area contributed by atoms with Gasteiger partial charge in [0.1, 0.15) is 0 Å². The number of rotatable bonds is 2. The van der Waals surface area contributed by atoms with E-state index in [-0.39, 0.29) is 5.91 Å². The highest BCUT2D eigenvalue weighted by Crippen LogP contribution is 2.33. The van der Waals surface area contributed by atoms with Crippen molar-refractivity contribution in [3.63, 3.8) is 0 Å². The van der Waals surface area contributed by atoms with Crippen LogP contribution in [-0.4, -0.2) is 5.91 Å². The predicted molar refractivity (Wildman–Crippen MR) is 79.3 cm³/mol. The summed E-state index contributed by atoms with van der Waals surface area (Å²) in [6, 6.07) is 10.1. The molecule has 0 atom stereocenters. The molecule has 2 heteroatoms. The van der Waals surface area contributed by atoms with Crippen LogP contribution in [0.1, 0.15) is 32.6 Å². The molecule has 2 nitrogen and oxygen atoms in total. The Balaban J connectivity index is 2.86. The van der Waals surface area contributed by atoms with Crippen molar-refractivity contribution in [3.05, 3.63) is 58.1 Å². The first-order valence-electron chi connectivity index (χ1n) is 6.40. The minimum atomic E-state index is -0.352. The highest BCUT2D eigenvalue weighted by Gasteiger charge is 2.18. The molecule has 0 aliphatic heterocycles. The van der Waals surface area contributed by atoms with E-state index in [0.717, 1.165) is 27.8 Å². The fourth-order valence-electron chi connectivity index (χ4n) is 2.75. The van der Waals surface area contributed by atoms with Crippen molar-refractivity contribution in [2.45, 2.75) is 27.7 Å². The van der Waals surface area contributed by atoms with Crippen molar-refractivity contribution in [2.24, 2.45) is 5.73 Å². The van der Waals surface area contributed by atoms with Gasteiger partial charge >= 0.3 is 0 Å². The smallest absolute Gasteiger partial charge is 0.249 e. The summed E-state index contributed by atoms with van der Waals surface area (Å²) in [5.41, 5.74) is 12.8. The van der Waals surface area contributed by atoms with Gasteiger partial charge < -0.3 is 5.73 Å². The number of amides is 1. The molecule has 0 aliphatic rings. The Bertz CT molecular complexity index is 642. The first-order valence-corrected chi connectivity index (χ1v) is 6.40. The Kier molecular flexibility index (Phi) is 3.43. The van der Waals surface area contributed by atoms with E-state index in [1.165, 1.54) is 5.56 Å². The molecule has 0 saturated heterocycles. The van der Waals surface area contributed by atoms with Crippen molar-refractivity contribution in [2.75, 3.05) is 0 Å². The number of carbonyl (C=O) groups excluding carboxylic acids is 1. The van der Waals surface area contributed by atoms with E-state index in [4.69, 9.17) is 5.73 Å². The maximum Gasteiger partial charge on any atom is 0.249 e. The van der Waals surface area contributed by atoms with Crippen LogP contribution >= 0.6 is 0 Å². The molecular weight excluding hydrogens is 234 g/mol.